The van der Waals surface area contributed by atoms with Crippen molar-refractivity contribution < 1.29 is 17.2 Å². The van der Waals surface area contributed by atoms with Crippen LogP contribution in [-0.4, -0.2) is 8.42 Å². The standard InChI is InChI=1S/C13H8Cl3F2NO2S/c14-9-2-1-7(5-10(9)15)22(20,21)19-6-8-11(17)3-4-12(18)13(8)16/h1-5,19H,6H2. The van der Waals surface area contributed by atoms with Crippen LogP contribution < -0.4 is 4.72 Å². The summed E-state index contributed by atoms with van der Waals surface area (Å²) >= 11 is 17.1. The summed E-state index contributed by atoms with van der Waals surface area (Å²) in [6, 6.07) is 5.42. The molecule has 0 saturated carbocycles. The van der Waals surface area contributed by atoms with E-state index in [4.69, 9.17) is 34.8 Å². The first-order valence-electron chi connectivity index (χ1n) is 5.79. The highest BCUT2D eigenvalue weighted by Gasteiger charge is 2.18. The van der Waals surface area contributed by atoms with Crippen molar-refractivity contribution >= 4 is 44.8 Å². The second kappa shape index (κ2) is 6.68. The molecule has 22 heavy (non-hydrogen) atoms. The Hall–Kier alpha value is -0.920. The van der Waals surface area contributed by atoms with Crippen molar-refractivity contribution in [2.24, 2.45) is 0 Å². The highest BCUT2D eigenvalue weighted by Crippen LogP contribution is 2.26. The number of rotatable bonds is 4. The lowest BCUT2D eigenvalue weighted by Crippen LogP contribution is -2.24. The molecule has 0 bridgehead atoms. The van der Waals surface area contributed by atoms with Gasteiger partial charge in [-0.3, -0.25) is 0 Å². The van der Waals surface area contributed by atoms with Crippen LogP contribution in [0.1, 0.15) is 5.56 Å². The van der Waals surface area contributed by atoms with E-state index in [1.165, 1.54) is 12.1 Å². The molecule has 3 nitrogen and oxygen atoms in total. The molecule has 0 aliphatic rings. The van der Waals surface area contributed by atoms with Crippen molar-refractivity contribution in [3.05, 3.63) is 62.6 Å². The van der Waals surface area contributed by atoms with Crippen LogP contribution >= 0.6 is 34.8 Å². The van der Waals surface area contributed by atoms with Gasteiger partial charge in [0.05, 0.1) is 20.0 Å². The smallest absolute Gasteiger partial charge is 0.207 e. The van der Waals surface area contributed by atoms with Crippen molar-refractivity contribution in [2.45, 2.75) is 11.4 Å². The third kappa shape index (κ3) is 3.70. The van der Waals surface area contributed by atoms with E-state index in [1.807, 2.05) is 0 Å². The lowest BCUT2D eigenvalue weighted by Gasteiger charge is -2.10. The fourth-order valence-electron chi connectivity index (χ4n) is 1.63. The Morgan fingerprint density at radius 3 is 2.23 bits per heavy atom. The summed E-state index contributed by atoms with van der Waals surface area (Å²) in [5, 5.41) is -0.226. The molecule has 0 fully saturated rings. The zero-order chi connectivity index (χ0) is 16.5. The first-order chi connectivity index (χ1) is 10.2. The minimum absolute atomic E-state index is 0.0551. The molecule has 0 saturated heterocycles. The predicted octanol–water partition coefficient (Wildman–Crippen LogP) is 4.40. The molecule has 0 aromatic heterocycles. The maximum atomic E-state index is 13.6. The molecule has 0 radical (unpaired) electrons. The number of hydrogen-bond donors (Lipinski definition) is 1. The van der Waals surface area contributed by atoms with Crippen LogP contribution in [-0.2, 0) is 16.6 Å². The zero-order valence-corrected chi connectivity index (χ0v) is 13.8. The van der Waals surface area contributed by atoms with E-state index in [0.29, 0.717) is 0 Å². The van der Waals surface area contributed by atoms with E-state index in [9.17, 15) is 17.2 Å². The van der Waals surface area contributed by atoms with E-state index >= 15 is 0 Å². The molecule has 0 amide bonds. The minimum atomic E-state index is -3.98. The molecule has 0 spiro atoms. The molecule has 0 atom stereocenters. The Bertz CT molecular complexity index is 828. The number of halogens is 5. The predicted molar refractivity (Wildman–Crippen MR) is 81.9 cm³/mol. The average molecular weight is 387 g/mol. The van der Waals surface area contributed by atoms with Crippen molar-refractivity contribution in [1.29, 1.82) is 0 Å². The Morgan fingerprint density at radius 1 is 0.955 bits per heavy atom. The zero-order valence-electron chi connectivity index (χ0n) is 10.7. The number of sulfonamides is 1. The summed E-state index contributed by atoms with van der Waals surface area (Å²) in [6.07, 6.45) is 0. The minimum Gasteiger partial charge on any atom is -0.207 e. The largest absolute Gasteiger partial charge is 0.240 e. The van der Waals surface area contributed by atoms with Crippen LogP contribution in [0.5, 0.6) is 0 Å². The third-order valence-electron chi connectivity index (χ3n) is 2.78. The average Bonchev–Trinajstić information content (AvgIpc) is 2.46. The quantitative estimate of drug-likeness (QED) is 0.792. The van der Waals surface area contributed by atoms with Crippen LogP contribution in [0, 0.1) is 11.6 Å². The first-order valence-corrected chi connectivity index (χ1v) is 8.41. The molecule has 1 N–H and O–H groups in total. The molecule has 2 aromatic carbocycles. The van der Waals surface area contributed by atoms with Crippen LogP contribution in [0.15, 0.2) is 35.2 Å². The highest BCUT2D eigenvalue weighted by atomic mass is 35.5. The van der Waals surface area contributed by atoms with Gasteiger partial charge in [-0.05, 0) is 30.3 Å². The van der Waals surface area contributed by atoms with Crippen LogP contribution in [0.2, 0.25) is 15.1 Å². The maximum absolute atomic E-state index is 13.6. The van der Waals surface area contributed by atoms with Gasteiger partial charge in [0.2, 0.25) is 10.0 Å². The lowest BCUT2D eigenvalue weighted by atomic mass is 10.2. The van der Waals surface area contributed by atoms with Gasteiger partial charge in [-0.15, -0.1) is 0 Å². The highest BCUT2D eigenvalue weighted by molar-refractivity contribution is 7.89. The summed E-state index contributed by atoms with van der Waals surface area (Å²) in [6.45, 7) is -0.509. The molecule has 0 aliphatic carbocycles. The SMILES string of the molecule is O=S(=O)(NCc1c(F)ccc(F)c1Cl)c1ccc(Cl)c(Cl)c1. The number of hydrogen-bond acceptors (Lipinski definition) is 2. The van der Waals surface area contributed by atoms with Crippen molar-refractivity contribution in [3.63, 3.8) is 0 Å². The van der Waals surface area contributed by atoms with Gasteiger partial charge in [0, 0.05) is 12.1 Å². The number of nitrogens with one attached hydrogen (secondary N) is 1. The topological polar surface area (TPSA) is 46.2 Å². The second-order valence-corrected chi connectivity index (χ2v) is 7.18. The Kier molecular flexibility index (Phi) is 5.29. The lowest BCUT2D eigenvalue weighted by molar-refractivity contribution is 0.567. The molecule has 118 valence electrons. The molecule has 2 rings (SSSR count). The normalized spacial score (nSPS) is 11.7. The molecule has 0 unspecified atom stereocenters. The van der Waals surface area contributed by atoms with E-state index in [1.54, 1.807) is 0 Å². The van der Waals surface area contributed by atoms with Crippen LogP contribution in [0.4, 0.5) is 8.78 Å². The summed E-state index contributed by atoms with van der Waals surface area (Å²) < 4.78 is 53.2. The van der Waals surface area contributed by atoms with Gasteiger partial charge in [0.25, 0.3) is 0 Å². The fraction of sp³-hybridized carbons (Fsp3) is 0.0769. The number of benzene rings is 2. The van der Waals surface area contributed by atoms with E-state index < -0.39 is 33.2 Å². The Labute approximate surface area is 140 Å². The molecular formula is C13H8Cl3F2NO2S. The Morgan fingerprint density at radius 2 is 1.59 bits per heavy atom. The summed E-state index contributed by atoms with van der Waals surface area (Å²) in [5.41, 5.74) is -0.287. The van der Waals surface area contributed by atoms with Gasteiger partial charge in [0.15, 0.2) is 0 Å². The maximum Gasteiger partial charge on any atom is 0.240 e. The van der Waals surface area contributed by atoms with Crippen LogP contribution in [0.25, 0.3) is 0 Å². The summed E-state index contributed by atoms with van der Waals surface area (Å²) in [5.74, 6) is -1.66. The van der Waals surface area contributed by atoms with E-state index in [0.717, 1.165) is 18.2 Å². The first kappa shape index (κ1) is 17.4. The third-order valence-corrected chi connectivity index (χ3v) is 5.33. The van der Waals surface area contributed by atoms with Gasteiger partial charge in [0.1, 0.15) is 11.6 Å². The Balaban J connectivity index is 2.27. The van der Waals surface area contributed by atoms with Crippen molar-refractivity contribution in [1.82, 2.24) is 4.72 Å². The molecule has 0 heterocycles. The van der Waals surface area contributed by atoms with Gasteiger partial charge in [-0.25, -0.2) is 21.9 Å². The van der Waals surface area contributed by atoms with Gasteiger partial charge < -0.3 is 0 Å². The second-order valence-electron chi connectivity index (χ2n) is 4.22. The van der Waals surface area contributed by atoms with Gasteiger partial charge >= 0.3 is 0 Å². The van der Waals surface area contributed by atoms with E-state index in [-0.39, 0.29) is 20.5 Å². The molecule has 9 heteroatoms. The van der Waals surface area contributed by atoms with Crippen molar-refractivity contribution in [3.8, 4) is 0 Å². The molecule has 2 aromatic rings. The monoisotopic (exact) mass is 385 g/mol. The molecule has 0 aliphatic heterocycles. The summed E-state index contributed by atoms with van der Waals surface area (Å²) in [4.78, 5) is -0.158. The van der Waals surface area contributed by atoms with Gasteiger partial charge in [-0.2, -0.15) is 0 Å². The van der Waals surface area contributed by atoms with Crippen LogP contribution in [0.3, 0.4) is 0 Å². The van der Waals surface area contributed by atoms with Crippen molar-refractivity contribution in [2.75, 3.05) is 0 Å². The van der Waals surface area contributed by atoms with Gasteiger partial charge in [-0.1, -0.05) is 34.8 Å². The fourth-order valence-corrected chi connectivity index (χ4v) is 3.23. The molecular weight excluding hydrogens is 379 g/mol. The summed E-state index contributed by atoms with van der Waals surface area (Å²) in [7, 11) is -3.98. The van der Waals surface area contributed by atoms with E-state index in [2.05, 4.69) is 4.72 Å².